The van der Waals surface area contributed by atoms with Crippen molar-refractivity contribution in [1.29, 1.82) is 0 Å². The van der Waals surface area contributed by atoms with Gasteiger partial charge in [0.1, 0.15) is 0 Å². The van der Waals surface area contributed by atoms with Crippen molar-refractivity contribution in [3.63, 3.8) is 0 Å². The maximum atomic E-state index is 11.7. The molecule has 0 aromatic heterocycles. The lowest BCUT2D eigenvalue weighted by atomic mass is 9.73. The van der Waals surface area contributed by atoms with Crippen molar-refractivity contribution in [3.05, 3.63) is 0 Å². The van der Waals surface area contributed by atoms with Crippen LogP contribution >= 0.6 is 0 Å². The van der Waals surface area contributed by atoms with E-state index in [4.69, 9.17) is 0 Å². The molecule has 136 valence electrons. The van der Waals surface area contributed by atoms with Crippen LogP contribution in [0.15, 0.2) is 4.99 Å². The van der Waals surface area contributed by atoms with Crippen molar-refractivity contribution in [2.75, 3.05) is 33.2 Å². The molecule has 6 nitrogen and oxygen atoms in total. The van der Waals surface area contributed by atoms with E-state index in [-0.39, 0.29) is 22.8 Å². The second kappa shape index (κ2) is 6.90. The lowest BCUT2D eigenvalue weighted by Crippen LogP contribution is -2.54. The predicted octanol–water partition coefficient (Wildman–Crippen LogP) is 1.11. The van der Waals surface area contributed by atoms with Gasteiger partial charge in [-0.05, 0) is 25.7 Å². The van der Waals surface area contributed by atoms with Gasteiger partial charge in [0.25, 0.3) is 0 Å². The van der Waals surface area contributed by atoms with Gasteiger partial charge in [-0.1, -0.05) is 19.8 Å². The van der Waals surface area contributed by atoms with Crippen LogP contribution in [0, 0.1) is 10.8 Å². The number of carbonyl (C=O) groups excluding carboxylic acids is 1. The Kier molecular flexibility index (Phi) is 5.04. The topological polar surface area (TPSA) is 77.0 Å². The second-order valence-corrected chi connectivity index (χ2v) is 8.29. The summed E-state index contributed by atoms with van der Waals surface area (Å²) in [5.74, 6) is 1.09. The minimum absolute atomic E-state index is 0.0706. The lowest BCUT2D eigenvalue weighted by Gasteiger charge is -2.43. The smallest absolute Gasteiger partial charge is 0.220 e. The van der Waals surface area contributed by atoms with Gasteiger partial charge >= 0.3 is 0 Å². The van der Waals surface area contributed by atoms with Crippen LogP contribution < -0.4 is 10.6 Å². The average Bonchev–Trinajstić information content (AvgIpc) is 2.91. The highest BCUT2D eigenvalue weighted by molar-refractivity contribution is 5.81. The van der Waals surface area contributed by atoms with E-state index in [1.807, 2.05) is 7.05 Å². The van der Waals surface area contributed by atoms with Gasteiger partial charge < -0.3 is 20.6 Å². The highest BCUT2D eigenvalue weighted by Crippen LogP contribution is 2.37. The van der Waals surface area contributed by atoms with Crippen LogP contribution in [0.4, 0.5) is 0 Å². The summed E-state index contributed by atoms with van der Waals surface area (Å²) in [4.78, 5) is 18.4. The van der Waals surface area contributed by atoms with Crippen LogP contribution in [0.5, 0.6) is 0 Å². The number of rotatable bonds is 2. The highest BCUT2D eigenvalue weighted by atomic mass is 16.3. The fourth-order valence-electron chi connectivity index (χ4n) is 4.63. The van der Waals surface area contributed by atoms with E-state index in [9.17, 15) is 9.90 Å². The number of guanidine groups is 1. The molecule has 1 saturated carbocycles. The summed E-state index contributed by atoms with van der Waals surface area (Å²) in [6, 6.07) is 0. The molecule has 24 heavy (non-hydrogen) atoms. The maximum Gasteiger partial charge on any atom is 0.220 e. The monoisotopic (exact) mass is 336 g/mol. The van der Waals surface area contributed by atoms with E-state index in [2.05, 4.69) is 27.4 Å². The molecule has 2 heterocycles. The first-order valence-corrected chi connectivity index (χ1v) is 9.37. The Balaban J connectivity index is 1.61. The average molecular weight is 336 g/mol. The zero-order chi connectivity index (χ0) is 17.2. The van der Waals surface area contributed by atoms with Gasteiger partial charge in [0, 0.05) is 50.5 Å². The predicted molar refractivity (Wildman–Crippen MR) is 94.8 cm³/mol. The third-order valence-electron chi connectivity index (χ3n) is 6.30. The number of nitrogens with one attached hydrogen (secondary N) is 2. The van der Waals surface area contributed by atoms with Gasteiger partial charge in [-0.3, -0.25) is 9.79 Å². The molecule has 3 N–H and O–H groups in total. The molecule has 3 aliphatic rings. The zero-order valence-corrected chi connectivity index (χ0v) is 15.1. The summed E-state index contributed by atoms with van der Waals surface area (Å²) in [6.07, 6.45) is 6.87. The third kappa shape index (κ3) is 3.53. The molecule has 1 aliphatic carbocycles. The number of nitrogens with zero attached hydrogens (tertiary/aromatic N) is 2. The quantitative estimate of drug-likeness (QED) is 0.521. The fourth-order valence-corrected chi connectivity index (χ4v) is 4.63. The molecular formula is C18H32N4O2. The van der Waals surface area contributed by atoms with Crippen molar-refractivity contribution in [2.45, 2.75) is 58.0 Å². The Bertz CT molecular complexity index is 509. The number of amides is 1. The van der Waals surface area contributed by atoms with E-state index < -0.39 is 0 Å². The number of piperidine rings is 1. The van der Waals surface area contributed by atoms with E-state index >= 15 is 0 Å². The summed E-state index contributed by atoms with van der Waals surface area (Å²) in [7, 11) is 1.82. The fraction of sp³-hybridized carbons (Fsp3) is 0.889. The largest absolute Gasteiger partial charge is 0.392 e. The first-order valence-electron chi connectivity index (χ1n) is 9.37. The number of hydrogen-bond donors (Lipinski definition) is 3. The minimum atomic E-state index is -0.235. The molecule has 0 aromatic rings. The number of aliphatic hydroxyl groups is 1. The van der Waals surface area contributed by atoms with Crippen molar-refractivity contribution in [3.8, 4) is 0 Å². The third-order valence-corrected chi connectivity index (χ3v) is 6.30. The minimum Gasteiger partial charge on any atom is -0.392 e. The first-order chi connectivity index (χ1) is 11.5. The molecule has 0 aromatic carbocycles. The molecule has 3 rings (SSSR count). The molecule has 0 bridgehead atoms. The van der Waals surface area contributed by atoms with E-state index in [0.29, 0.717) is 6.42 Å². The summed E-state index contributed by atoms with van der Waals surface area (Å²) >= 11 is 0. The molecule has 6 heteroatoms. The standard InChI is InChI=1S/C18H32N4O2/c1-17(7-4-3-6-14(17)23)11-21-16(19-2)22-9-5-8-18(13-22)10-15(24)20-12-18/h14,23H,3-13H2,1-2H3,(H,19,21)(H,20,24). The van der Waals surface area contributed by atoms with Gasteiger partial charge in [0.2, 0.25) is 5.91 Å². The van der Waals surface area contributed by atoms with Crippen LogP contribution in [0.2, 0.25) is 0 Å². The van der Waals surface area contributed by atoms with Crippen molar-refractivity contribution in [1.82, 2.24) is 15.5 Å². The van der Waals surface area contributed by atoms with E-state index in [0.717, 1.165) is 64.2 Å². The molecule has 0 radical (unpaired) electrons. The van der Waals surface area contributed by atoms with Gasteiger partial charge in [-0.25, -0.2) is 0 Å². The second-order valence-electron chi connectivity index (χ2n) is 8.29. The Morgan fingerprint density at radius 3 is 2.92 bits per heavy atom. The van der Waals surface area contributed by atoms with Crippen molar-refractivity contribution >= 4 is 11.9 Å². The summed E-state index contributed by atoms with van der Waals surface area (Å²) in [6.45, 7) is 5.57. The SMILES string of the molecule is CN=C(NCC1(C)CCCCC1O)N1CCCC2(CNC(=O)C2)C1. The number of hydrogen-bond acceptors (Lipinski definition) is 3. The summed E-state index contributed by atoms with van der Waals surface area (Å²) in [5.41, 5.74) is -0.00620. The Hall–Kier alpha value is -1.30. The van der Waals surface area contributed by atoms with Crippen LogP contribution in [0.25, 0.3) is 0 Å². The van der Waals surface area contributed by atoms with Gasteiger partial charge in [0.15, 0.2) is 5.96 Å². The molecule has 1 spiro atoms. The Morgan fingerprint density at radius 1 is 1.42 bits per heavy atom. The van der Waals surface area contributed by atoms with Gasteiger partial charge in [-0.15, -0.1) is 0 Å². The van der Waals surface area contributed by atoms with Crippen LogP contribution in [-0.2, 0) is 4.79 Å². The Labute approximate surface area is 145 Å². The molecular weight excluding hydrogens is 304 g/mol. The van der Waals surface area contributed by atoms with Crippen LogP contribution in [0.1, 0.15) is 51.9 Å². The Morgan fingerprint density at radius 2 is 2.25 bits per heavy atom. The van der Waals surface area contributed by atoms with Crippen LogP contribution in [-0.4, -0.2) is 61.2 Å². The highest BCUT2D eigenvalue weighted by Gasteiger charge is 2.43. The normalized spacial score (nSPS) is 37.6. The van der Waals surface area contributed by atoms with Gasteiger partial charge in [0.05, 0.1) is 6.10 Å². The van der Waals surface area contributed by atoms with E-state index in [1.54, 1.807) is 0 Å². The van der Waals surface area contributed by atoms with Crippen LogP contribution in [0.3, 0.4) is 0 Å². The first kappa shape index (κ1) is 17.5. The summed E-state index contributed by atoms with van der Waals surface area (Å²) in [5, 5.41) is 16.9. The molecule has 3 atom stereocenters. The molecule has 2 aliphatic heterocycles. The van der Waals surface area contributed by atoms with Crippen molar-refractivity contribution < 1.29 is 9.90 Å². The number of carbonyl (C=O) groups is 1. The summed E-state index contributed by atoms with van der Waals surface area (Å²) < 4.78 is 0. The number of aliphatic imine (C=N–C) groups is 1. The van der Waals surface area contributed by atoms with E-state index in [1.165, 1.54) is 6.42 Å². The maximum absolute atomic E-state index is 11.7. The lowest BCUT2D eigenvalue weighted by molar-refractivity contribution is -0.119. The number of aliphatic hydroxyl groups excluding tert-OH is 1. The molecule has 3 unspecified atom stereocenters. The molecule has 2 saturated heterocycles. The molecule has 1 amide bonds. The zero-order valence-electron chi connectivity index (χ0n) is 15.1. The van der Waals surface area contributed by atoms with Crippen molar-refractivity contribution in [2.24, 2.45) is 15.8 Å². The molecule has 3 fully saturated rings. The number of likely N-dealkylation sites (tertiary alicyclic amines) is 1. The van der Waals surface area contributed by atoms with Gasteiger partial charge in [-0.2, -0.15) is 0 Å².